The Bertz CT molecular complexity index is 152. The average molecular weight is 187 g/mol. The minimum atomic E-state index is -0.597. The van der Waals surface area contributed by atoms with Gasteiger partial charge in [0.05, 0.1) is 12.2 Å². The molecule has 0 amide bonds. The third-order valence-corrected chi connectivity index (χ3v) is 2.80. The van der Waals surface area contributed by atoms with Gasteiger partial charge in [0.15, 0.2) is 0 Å². The van der Waals surface area contributed by atoms with Gasteiger partial charge in [0.2, 0.25) is 0 Å². The molecule has 1 saturated heterocycles. The van der Waals surface area contributed by atoms with Gasteiger partial charge in [0.25, 0.3) is 0 Å². The predicted molar refractivity (Wildman–Crippen MR) is 52.7 cm³/mol. The lowest BCUT2D eigenvalue weighted by atomic mass is 9.84. The van der Waals surface area contributed by atoms with Crippen molar-refractivity contribution in [3.63, 3.8) is 0 Å². The maximum absolute atomic E-state index is 10.2. The minimum Gasteiger partial charge on any atom is -0.387 e. The highest BCUT2D eigenvalue weighted by Crippen LogP contribution is 2.24. The molecule has 78 valence electrons. The first-order chi connectivity index (χ1) is 6.19. The smallest absolute Gasteiger partial charge is 0.0929 e. The summed E-state index contributed by atoms with van der Waals surface area (Å²) in [5.41, 5.74) is -0.597. The van der Waals surface area contributed by atoms with E-state index in [0.29, 0.717) is 6.61 Å². The summed E-state index contributed by atoms with van der Waals surface area (Å²) in [6.07, 6.45) is 1.82. The van der Waals surface area contributed by atoms with E-state index in [-0.39, 0.29) is 5.92 Å². The molecule has 0 aromatic carbocycles. The summed E-state index contributed by atoms with van der Waals surface area (Å²) in [6.45, 7) is 7.19. The van der Waals surface area contributed by atoms with Crippen LogP contribution in [0.1, 0.15) is 26.7 Å². The summed E-state index contributed by atoms with van der Waals surface area (Å²) in [4.78, 5) is 0. The monoisotopic (exact) mass is 187 g/mol. The molecular formula is C10H21NO2. The van der Waals surface area contributed by atoms with Crippen LogP contribution < -0.4 is 5.32 Å². The molecule has 3 nitrogen and oxygen atoms in total. The fourth-order valence-corrected chi connectivity index (χ4v) is 1.67. The number of ether oxygens (including phenoxy) is 1. The highest BCUT2D eigenvalue weighted by Gasteiger charge is 2.35. The number of aliphatic hydroxyl groups is 1. The Morgan fingerprint density at radius 2 is 2.38 bits per heavy atom. The lowest BCUT2D eigenvalue weighted by Gasteiger charge is -2.38. The lowest BCUT2D eigenvalue weighted by Crippen LogP contribution is -2.51. The van der Waals surface area contributed by atoms with E-state index in [9.17, 15) is 5.11 Å². The van der Waals surface area contributed by atoms with E-state index in [1.54, 1.807) is 0 Å². The topological polar surface area (TPSA) is 41.5 Å². The molecule has 0 saturated carbocycles. The predicted octanol–water partition coefficient (Wildman–Crippen LogP) is 0.773. The van der Waals surface area contributed by atoms with Crippen LogP contribution in [-0.4, -0.2) is 37.0 Å². The molecule has 2 atom stereocenters. The van der Waals surface area contributed by atoms with Crippen molar-refractivity contribution in [2.45, 2.75) is 32.3 Å². The molecule has 0 bridgehead atoms. The largest absolute Gasteiger partial charge is 0.387 e. The van der Waals surface area contributed by atoms with Crippen LogP contribution in [0.5, 0.6) is 0 Å². The third-order valence-electron chi connectivity index (χ3n) is 2.80. The first kappa shape index (κ1) is 11.0. The molecule has 0 radical (unpaired) electrons. The van der Waals surface area contributed by atoms with Gasteiger partial charge >= 0.3 is 0 Å². The van der Waals surface area contributed by atoms with Crippen LogP contribution in [0.4, 0.5) is 0 Å². The standard InChI is InChI=1S/C10H21NO2/c1-3-6-13-8-10(12)4-5-11-7-9(10)2/h9,11-12H,3-8H2,1-2H3. The fraction of sp³-hybridized carbons (Fsp3) is 1.00. The third kappa shape index (κ3) is 2.93. The Morgan fingerprint density at radius 1 is 1.62 bits per heavy atom. The van der Waals surface area contributed by atoms with Gasteiger partial charge in [-0.25, -0.2) is 0 Å². The molecule has 1 aliphatic rings. The molecular weight excluding hydrogens is 166 g/mol. The van der Waals surface area contributed by atoms with Gasteiger partial charge in [-0.3, -0.25) is 0 Å². The highest BCUT2D eigenvalue weighted by atomic mass is 16.5. The number of piperidine rings is 1. The molecule has 0 spiro atoms. The SMILES string of the molecule is CCCOCC1(O)CCNCC1C. The van der Waals surface area contributed by atoms with E-state index in [1.165, 1.54) is 0 Å². The zero-order valence-electron chi connectivity index (χ0n) is 8.68. The van der Waals surface area contributed by atoms with Crippen molar-refractivity contribution in [1.82, 2.24) is 5.32 Å². The average Bonchev–Trinajstić information content (AvgIpc) is 2.11. The highest BCUT2D eigenvalue weighted by molar-refractivity contribution is 4.89. The zero-order chi connectivity index (χ0) is 9.73. The number of hydrogen-bond acceptors (Lipinski definition) is 3. The van der Waals surface area contributed by atoms with E-state index in [2.05, 4.69) is 19.2 Å². The van der Waals surface area contributed by atoms with Crippen molar-refractivity contribution in [3.8, 4) is 0 Å². The van der Waals surface area contributed by atoms with Crippen molar-refractivity contribution < 1.29 is 9.84 Å². The summed E-state index contributed by atoms with van der Waals surface area (Å²) in [5, 5.41) is 13.5. The van der Waals surface area contributed by atoms with Gasteiger partial charge in [0.1, 0.15) is 0 Å². The summed E-state index contributed by atoms with van der Waals surface area (Å²) in [5.74, 6) is 0.290. The quantitative estimate of drug-likeness (QED) is 0.639. The van der Waals surface area contributed by atoms with E-state index in [0.717, 1.165) is 32.5 Å². The van der Waals surface area contributed by atoms with E-state index in [4.69, 9.17) is 4.74 Å². The summed E-state index contributed by atoms with van der Waals surface area (Å²) < 4.78 is 5.42. The number of rotatable bonds is 4. The summed E-state index contributed by atoms with van der Waals surface area (Å²) in [6, 6.07) is 0. The van der Waals surface area contributed by atoms with Crippen LogP contribution in [-0.2, 0) is 4.74 Å². The maximum atomic E-state index is 10.2. The van der Waals surface area contributed by atoms with Crippen LogP contribution >= 0.6 is 0 Å². The molecule has 13 heavy (non-hydrogen) atoms. The molecule has 0 aromatic heterocycles. The van der Waals surface area contributed by atoms with Gasteiger partial charge in [-0.05, 0) is 25.3 Å². The molecule has 0 aliphatic carbocycles. The Labute approximate surface area is 80.5 Å². The second-order valence-electron chi connectivity index (χ2n) is 4.01. The van der Waals surface area contributed by atoms with E-state index < -0.39 is 5.60 Å². The molecule has 1 fully saturated rings. The fourth-order valence-electron chi connectivity index (χ4n) is 1.67. The van der Waals surface area contributed by atoms with Crippen molar-refractivity contribution in [2.24, 2.45) is 5.92 Å². The Hall–Kier alpha value is -0.120. The van der Waals surface area contributed by atoms with Crippen molar-refractivity contribution in [2.75, 3.05) is 26.3 Å². The first-order valence-electron chi connectivity index (χ1n) is 5.20. The van der Waals surface area contributed by atoms with E-state index in [1.807, 2.05) is 0 Å². The van der Waals surface area contributed by atoms with Crippen LogP contribution in [0.25, 0.3) is 0 Å². The maximum Gasteiger partial charge on any atom is 0.0929 e. The number of nitrogens with one attached hydrogen (secondary N) is 1. The molecule has 1 rings (SSSR count). The normalized spacial score (nSPS) is 34.8. The molecule has 2 unspecified atom stereocenters. The lowest BCUT2D eigenvalue weighted by molar-refractivity contribution is -0.0944. The van der Waals surface area contributed by atoms with Crippen molar-refractivity contribution in [1.29, 1.82) is 0 Å². The van der Waals surface area contributed by atoms with Crippen LogP contribution in [0.2, 0.25) is 0 Å². The molecule has 1 heterocycles. The Balaban J connectivity index is 2.33. The van der Waals surface area contributed by atoms with Gasteiger partial charge in [-0.2, -0.15) is 0 Å². The summed E-state index contributed by atoms with van der Waals surface area (Å²) in [7, 11) is 0. The van der Waals surface area contributed by atoms with E-state index >= 15 is 0 Å². The van der Waals surface area contributed by atoms with Crippen molar-refractivity contribution in [3.05, 3.63) is 0 Å². The van der Waals surface area contributed by atoms with Gasteiger partial charge in [0, 0.05) is 13.2 Å². The first-order valence-corrected chi connectivity index (χ1v) is 5.20. The van der Waals surface area contributed by atoms with Crippen LogP contribution in [0, 0.1) is 5.92 Å². The Kier molecular flexibility index (Phi) is 4.16. The van der Waals surface area contributed by atoms with Gasteiger partial charge in [-0.15, -0.1) is 0 Å². The molecule has 1 aliphatic heterocycles. The Morgan fingerprint density at radius 3 is 3.00 bits per heavy atom. The number of hydrogen-bond donors (Lipinski definition) is 2. The van der Waals surface area contributed by atoms with Crippen LogP contribution in [0.15, 0.2) is 0 Å². The zero-order valence-corrected chi connectivity index (χ0v) is 8.68. The molecule has 3 heteroatoms. The molecule has 0 aromatic rings. The summed E-state index contributed by atoms with van der Waals surface area (Å²) >= 11 is 0. The van der Waals surface area contributed by atoms with Crippen LogP contribution in [0.3, 0.4) is 0 Å². The second kappa shape index (κ2) is 4.94. The van der Waals surface area contributed by atoms with Gasteiger partial charge < -0.3 is 15.2 Å². The second-order valence-corrected chi connectivity index (χ2v) is 4.01. The molecule has 2 N–H and O–H groups in total. The minimum absolute atomic E-state index is 0.290. The van der Waals surface area contributed by atoms with Gasteiger partial charge in [-0.1, -0.05) is 13.8 Å². The van der Waals surface area contributed by atoms with Crippen molar-refractivity contribution >= 4 is 0 Å².